The summed E-state index contributed by atoms with van der Waals surface area (Å²) in [4.78, 5) is 21.5. The fraction of sp³-hybridized carbons (Fsp3) is 0.364. The van der Waals surface area contributed by atoms with Crippen molar-refractivity contribution in [3.05, 3.63) is 36.4 Å². The SMILES string of the molecule is COc1cccc(OCC(=O)N(CCN(C)C)c2nc3c(OC)ccc(OC)c3s2)c1.Cl. The molecule has 0 atom stereocenters. The molecule has 0 bridgehead atoms. The molecule has 0 aliphatic heterocycles. The van der Waals surface area contributed by atoms with Crippen molar-refractivity contribution in [1.82, 2.24) is 9.88 Å². The largest absolute Gasteiger partial charge is 0.497 e. The summed E-state index contributed by atoms with van der Waals surface area (Å²) < 4.78 is 22.7. The van der Waals surface area contributed by atoms with Gasteiger partial charge in [-0.25, -0.2) is 4.98 Å². The van der Waals surface area contributed by atoms with Gasteiger partial charge in [0.05, 0.1) is 21.3 Å². The number of carbonyl (C=O) groups excluding carboxylic acids is 1. The Bertz CT molecular complexity index is 1000. The highest BCUT2D eigenvalue weighted by Gasteiger charge is 2.23. The first-order valence-electron chi connectivity index (χ1n) is 9.70. The van der Waals surface area contributed by atoms with E-state index in [9.17, 15) is 4.79 Å². The van der Waals surface area contributed by atoms with Gasteiger partial charge >= 0.3 is 0 Å². The van der Waals surface area contributed by atoms with E-state index in [-0.39, 0.29) is 24.9 Å². The molecule has 0 spiro atoms. The molecule has 2 aromatic carbocycles. The minimum atomic E-state index is -0.193. The Morgan fingerprint density at radius 2 is 1.66 bits per heavy atom. The predicted molar refractivity (Wildman–Crippen MR) is 129 cm³/mol. The van der Waals surface area contributed by atoms with Gasteiger partial charge in [-0.15, -0.1) is 12.4 Å². The number of likely N-dealkylation sites (N-methyl/N-ethyl adjacent to an activating group) is 1. The zero-order valence-electron chi connectivity index (χ0n) is 18.8. The Morgan fingerprint density at radius 1 is 0.969 bits per heavy atom. The monoisotopic (exact) mass is 481 g/mol. The zero-order chi connectivity index (χ0) is 22.4. The molecule has 0 aliphatic rings. The summed E-state index contributed by atoms with van der Waals surface area (Å²) in [6.07, 6.45) is 0. The Balaban J connectivity index is 0.00000363. The maximum atomic E-state index is 13.1. The minimum Gasteiger partial charge on any atom is -0.497 e. The number of fused-ring (bicyclic) bond motifs is 1. The number of aromatic nitrogens is 1. The van der Waals surface area contributed by atoms with Gasteiger partial charge in [0.25, 0.3) is 5.91 Å². The maximum Gasteiger partial charge on any atom is 0.266 e. The molecule has 32 heavy (non-hydrogen) atoms. The number of ether oxygens (including phenoxy) is 4. The highest BCUT2D eigenvalue weighted by Crippen LogP contribution is 2.40. The lowest BCUT2D eigenvalue weighted by atomic mass is 10.3. The van der Waals surface area contributed by atoms with Crippen molar-refractivity contribution in [3.63, 3.8) is 0 Å². The van der Waals surface area contributed by atoms with Crippen LogP contribution in [0.2, 0.25) is 0 Å². The van der Waals surface area contributed by atoms with Gasteiger partial charge in [-0.05, 0) is 38.4 Å². The van der Waals surface area contributed by atoms with Crippen molar-refractivity contribution in [3.8, 4) is 23.0 Å². The summed E-state index contributed by atoms with van der Waals surface area (Å²) >= 11 is 1.39. The summed E-state index contributed by atoms with van der Waals surface area (Å²) in [6.45, 7) is 1.03. The van der Waals surface area contributed by atoms with Crippen molar-refractivity contribution in [2.45, 2.75) is 0 Å². The second-order valence-corrected chi connectivity index (χ2v) is 7.94. The Hall–Kier alpha value is -2.75. The van der Waals surface area contributed by atoms with Gasteiger partial charge in [-0.2, -0.15) is 0 Å². The van der Waals surface area contributed by atoms with Gasteiger partial charge in [0.15, 0.2) is 11.7 Å². The van der Waals surface area contributed by atoms with Crippen molar-refractivity contribution in [1.29, 1.82) is 0 Å². The van der Waals surface area contributed by atoms with E-state index in [4.69, 9.17) is 23.9 Å². The number of thiazole rings is 1. The van der Waals surface area contributed by atoms with Crippen LogP contribution >= 0.6 is 23.7 Å². The number of methoxy groups -OCH3 is 3. The van der Waals surface area contributed by atoms with Crippen LogP contribution in [0.5, 0.6) is 23.0 Å². The van der Waals surface area contributed by atoms with Crippen molar-refractivity contribution in [2.24, 2.45) is 0 Å². The number of nitrogens with zero attached hydrogens (tertiary/aromatic N) is 3. The van der Waals surface area contributed by atoms with E-state index in [0.717, 1.165) is 4.70 Å². The van der Waals surface area contributed by atoms with Crippen LogP contribution < -0.4 is 23.8 Å². The summed E-state index contributed by atoms with van der Waals surface area (Å²) in [7, 11) is 8.71. The first kappa shape index (κ1) is 25.5. The first-order valence-corrected chi connectivity index (χ1v) is 10.5. The van der Waals surface area contributed by atoms with Crippen molar-refractivity contribution < 1.29 is 23.7 Å². The summed E-state index contributed by atoms with van der Waals surface area (Å²) in [5.41, 5.74) is 0.665. The number of rotatable bonds is 10. The average Bonchev–Trinajstić information content (AvgIpc) is 3.22. The van der Waals surface area contributed by atoms with Crippen molar-refractivity contribution in [2.75, 3.05) is 60.0 Å². The smallest absolute Gasteiger partial charge is 0.266 e. The Kier molecular flexibility index (Phi) is 9.37. The van der Waals surface area contributed by atoms with Gasteiger partial charge in [0.2, 0.25) is 0 Å². The summed E-state index contributed by atoms with van der Waals surface area (Å²) in [5, 5.41) is 0.568. The third-order valence-corrected chi connectivity index (χ3v) is 5.70. The van der Waals surface area contributed by atoms with E-state index in [1.165, 1.54) is 11.3 Å². The third-order valence-electron chi connectivity index (χ3n) is 4.61. The number of amides is 1. The number of hydrogen-bond donors (Lipinski definition) is 0. The van der Waals surface area contributed by atoms with Crippen LogP contribution in [0.15, 0.2) is 36.4 Å². The van der Waals surface area contributed by atoms with E-state index in [2.05, 4.69) is 0 Å². The second-order valence-electron chi connectivity index (χ2n) is 6.96. The number of hydrogen-bond acceptors (Lipinski definition) is 8. The van der Waals surface area contributed by atoms with E-state index in [1.54, 1.807) is 38.4 Å². The third kappa shape index (κ3) is 5.93. The topological polar surface area (TPSA) is 73.4 Å². The number of carbonyl (C=O) groups is 1. The normalized spacial score (nSPS) is 10.6. The van der Waals surface area contributed by atoms with Crippen LogP contribution in [0.1, 0.15) is 0 Å². The molecule has 1 amide bonds. The first-order chi connectivity index (χ1) is 15.0. The molecule has 0 saturated heterocycles. The van der Waals surface area contributed by atoms with Gasteiger partial charge in [-0.3, -0.25) is 9.69 Å². The van der Waals surface area contributed by atoms with Crippen LogP contribution in [0.25, 0.3) is 10.2 Å². The molecule has 0 fully saturated rings. The molecule has 3 aromatic rings. The maximum absolute atomic E-state index is 13.1. The fourth-order valence-electron chi connectivity index (χ4n) is 2.93. The molecule has 0 N–H and O–H groups in total. The lowest BCUT2D eigenvalue weighted by Crippen LogP contribution is -2.39. The molecule has 174 valence electrons. The molecule has 8 nitrogen and oxygen atoms in total. The van der Waals surface area contributed by atoms with Crippen LogP contribution in [-0.4, -0.2) is 70.9 Å². The summed E-state index contributed by atoms with van der Waals surface area (Å²) in [6, 6.07) is 10.8. The lowest BCUT2D eigenvalue weighted by molar-refractivity contribution is -0.120. The standard InChI is InChI=1S/C22H27N3O5S.ClH/c1-24(2)11-12-25(19(26)14-30-16-8-6-7-15(13-16)27-3)22-23-20-17(28-4)9-10-18(29-5)21(20)31-22;/h6-10,13H,11-12,14H2,1-5H3;1H. The minimum absolute atomic E-state index is 0. The Morgan fingerprint density at radius 3 is 2.31 bits per heavy atom. The van der Waals surface area contributed by atoms with E-state index < -0.39 is 0 Å². The van der Waals surface area contributed by atoms with Crippen molar-refractivity contribution >= 4 is 45.0 Å². The molecule has 1 aromatic heterocycles. The molecule has 0 radical (unpaired) electrons. The second kappa shape index (κ2) is 11.8. The van der Waals surface area contributed by atoms with E-state index >= 15 is 0 Å². The molecule has 0 saturated carbocycles. The average molecular weight is 482 g/mol. The molecule has 10 heteroatoms. The Labute approximate surface area is 198 Å². The molecular formula is C22H28ClN3O5S. The van der Waals surface area contributed by atoms with Gasteiger partial charge in [0.1, 0.15) is 33.2 Å². The van der Waals surface area contributed by atoms with Crippen LogP contribution in [0.4, 0.5) is 5.13 Å². The molecular weight excluding hydrogens is 454 g/mol. The molecule has 1 heterocycles. The lowest BCUT2D eigenvalue weighted by Gasteiger charge is -2.22. The van der Waals surface area contributed by atoms with Crippen LogP contribution in [0, 0.1) is 0 Å². The van der Waals surface area contributed by atoms with E-state index in [1.807, 2.05) is 43.3 Å². The van der Waals surface area contributed by atoms with Gasteiger partial charge in [-0.1, -0.05) is 17.4 Å². The zero-order valence-corrected chi connectivity index (χ0v) is 20.4. The summed E-state index contributed by atoms with van der Waals surface area (Å²) in [5.74, 6) is 2.35. The highest BCUT2D eigenvalue weighted by molar-refractivity contribution is 7.22. The quantitative estimate of drug-likeness (QED) is 0.437. The number of benzene rings is 2. The highest BCUT2D eigenvalue weighted by atomic mass is 35.5. The molecule has 3 rings (SSSR count). The number of anilines is 1. The van der Waals surface area contributed by atoms with E-state index in [0.29, 0.717) is 46.7 Å². The van der Waals surface area contributed by atoms with Gasteiger partial charge in [0, 0.05) is 19.2 Å². The molecule has 0 unspecified atom stereocenters. The van der Waals surface area contributed by atoms with Crippen LogP contribution in [-0.2, 0) is 4.79 Å². The van der Waals surface area contributed by atoms with Crippen LogP contribution in [0.3, 0.4) is 0 Å². The number of halogens is 1. The fourth-order valence-corrected chi connectivity index (χ4v) is 4.05. The molecule has 0 aliphatic carbocycles. The van der Waals surface area contributed by atoms with Gasteiger partial charge < -0.3 is 23.8 Å². The predicted octanol–water partition coefficient (Wildman–Crippen LogP) is 3.72.